The van der Waals surface area contributed by atoms with Gasteiger partial charge in [-0.2, -0.15) is 0 Å². The topological polar surface area (TPSA) is 87.6 Å². The van der Waals surface area contributed by atoms with E-state index in [2.05, 4.69) is 19.8 Å². The Morgan fingerprint density at radius 1 is 1.14 bits per heavy atom. The normalized spacial score (nSPS) is 17.2. The van der Waals surface area contributed by atoms with Crippen molar-refractivity contribution in [3.05, 3.63) is 52.2 Å². The number of aromatic nitrogens is 3. The molecule has 0 atom stereocenters. The summed E-state index contributed by atoms with van der Waals surface area (Å²) in [4.78, 5) is 26.2. The number of fused-ring (bicyclic) bond motifs is 2. The molecule has 0 spiro atoms. The maximum atomic E-state index is 12.5. The number of hydrogen-bond acceptors (Lipinski definition) is 7. The minimum atomic E-state index is -0.113. The van der Waals surface area contributed by atoms with Crippen molar-refractivity contribution >= 4 is 16.6 Å². The van der Waals surface area contributed by atoms with Crippen LogP contribution >= 0.6 is 0 Å². The van der Waals surface area contributed by atoms with Gasteiger partial charge in [0.2, 0.25) is 5.89 Å². The molecule has 29 heavy (non-hydrogen) atoms. The molecule has 152 valence electrons. The molecule has 2 aromatic heterocycles. The van der Waals surface area contributed by atoms with E-state index in [4.69, 9.17) is 9.52 Å². The van der Waals surface area contributed by atoms with E-state index in [1.807, 2.05) is 18.2 Å². The molecule has 1 aromatic carbocycles. The van der Waals surface area contributed by atoms with Crippen LogP contribution in [0.5, 0.6) is 0 Å². The summed E-state index contributed by atoms with van der Waals surface area (Å²) < 4.78 is 7.35. The van der Waals surface area contributed by atoms with Gasteiger partial charge in [0.25, 0.3) is 5.56 Å². The highest BCUT2D eigenvalue weighted by atomic mass is 16.4. The number of oxazole rings is 1. The SMILES string of the molecule is O=c1c2ccc(N3CCN(Cc4nc5c(o4)CCC5)CC3)cc2ncn1CCO. The zero-order valence-corrected chi connectivity index (χ0v) is 16.4. The fourth-order valence-electron chi connectivity index (χ4n) is 4.28. The Hall–Kier alpha value is -2.71. The molecule has 0 saturated carbocycles. The molecule has 0 unspecified atom stereocenters. The van der Waals surface area contributed by atoms with Crippen molar-refractivity contribution in [3.63, 3.8) is 0 Å². The van der Waals surface area contributed by atoms with E-state index in [-0.39, 0.29) is 18.7 Å². The van der Waals surface area contributed by atoms with Gasteiger partial charge in [-0.15, -0.1) is 0 Å². The Morgan fingerprint density at radius 3 is 2.79 bits per heavy atom. The summed E-state index contributed by atoms with van der Waals surface area (Å²) in [7, 11) is 0. The molecular formula is C21H25N5O3. The minimum absolute atomic E-state index is 0.0778. The third-order valence-electron chi connectivity index (χ3n) is 5.89. The highest BCUT2D eigenvalue weighted by molar-refractivity contribution is 5.81. The number of aliphatic hydroxyl groups excluding tert-OH is 1. The summed E-state index contributed by atoms with van der Waals surface area (Å²) in [5, 5.41) is 9.65. The van der Waals surface area contributed by atoms with Crippen molar-refractivity contribution in [2.24, 2.45) is 0 Å². The maximum absolute atomic E-state index is 12.5. The van der Waals surface area contributed by atoms with Crippen molar-refractivity contribution < 1.29 is 9.52 Å². The fourth-order valence-corrected chi connectivity index (χ4v) is 4.28. The fraction of sp³-hybridized carbons (Fsp3) is 0.476. The summed E-state index contributed by atoms with van der Waals surface area (Å²) >= 11 is 0. The van der Waals surface area contributed by atoms with Crippen LogP contribution in [-0.2, 0) is 25.9 Å². The van der Waals surface area contributed by atoms with Gasteiger partial charge in [0.15, 0.2) is 0 Å². The minimum Gasteiger partial charge on any atom is -0.444 e. The molecule has 1 fully saturated rings. The van der Waals surface area contributed by atoms with Crippen molar-refractivity contribution in [1.29, 1.82) is 0 Å². The third kappa shape index (κ3) is 3.54. The van der Waals surface area contributed by atoms with Crippen LogP contribution in [0.4, 0.5) is 5.69 Å². The first-order valence-electron chi connectivity index (χ1n) is 10.3. The van der Waals surface area contributed by atoms with Gasteiger partial charge in [0, 0.05) is 38.3 Å². The summed E-state index contributed by atoms with van der Waals surface area (Å²) in [5.41, 5.74) is 2.82. The Labute approximate surface area is 168 Å². The number of nitrogens with zero attached hydrogens (tertiary/aromatic N) is 5. The monoisotopic (exact) mass is 395 g/mol. The lowest BCUT2D eigenvalue weighted by Gasteiger charge is -2.35. The van der Waals surface area contributed by atoms with Crippen LogP contribution in [0.1, 0.15) is 23.8 Å². The first kappa shape index (κ1) is 18.3. The average Bonchev–Trinajstić information content (AvgIpc) is 3.32. The molecule has 1 N–H and O–H groups in total. The van der Waals surface area contributed by atoms with Gasteiger partial charge in [-0.3, -0.25) is 14.3 Å². The summed E-state index contributed by atoms with van der Waals surface area (Å²) in [6.07, 6.45) is 4.75. The molecule has 5 rings (SSSR count). The molecule has 3 aromatic rings. The van der Waals surface area contributed by atoms with E-state index < -0.39 is 0 Å². The van der Waals surface area contributed by atoms with E-state index in [1.165, 1.54) is 10.9 Å². The predicted octanol–water partition coefficient (Wildman–Crippen LogP) is 1.19. The van der Waals surface area contributed by atoms with E-state index in [9.17, 15) is 4.79 Å². The number of rotatable bonds is 5. The van der Waals surface area contributed by atoms with Crippen molar-refractivity contribution in [1.82, 2.24) is 19.4 Å². The van der Waals surface area contributed by atoms with Crippen LogP contribution in [0.15, 0.2) is 33.7 Å². The van der Waals surface area contributed by atoms with Crippen LogP contribution in [-0.4, -0.2) is 57.3 Å². The van der Waals surface area contributed by atoms with Gasteiger partial charge in [-0.25, -0.2) is 9.97 Å². The summed E-state index contributed by atoms with van der Waals surface area (Å²) in [6, 6.07) is 5.81. The Kier molecular flexibility index (Phi) is 4.81. The predicted molar refractivity (Wildman–Crippen MR) is 109 cm³/mol. The third-order valence-corrected chi connectivity index (χ3v) is 5.89. The van der Waals surface area contributed by atoms with Gasteiger partial charge in [-0.1, -0.05) is 0 Å². The molecule has 0 radical (unpaired) electrons. The zero-order chi connectivity index (χ0) is 19.8. The standard InChI is InChI=1S/C21H25N5O3/c27-11-10-26-14-22-18-12-15(4-5-16(18)21(26)28)25-8-6-24(7-9-25)13-20-23-17-2-1-3-19(17)29-20/h4-5,12,14,27H,1-3,6-11,13H2. The van der Waals surface area contributed by atoms with E-state index in [0.717, 1.165) is 75.0 Å². The van der Waals surface area contributed by atoms with Crippen LogP contribution in [0.25, 0.3) is 10.9 Å². The highest BCUT2D eigenvalue weighted by Crippen LogP contribution is 2.24. The first-order chi connectivity index (χ1) is 14.2. The van der Waals surface area contributed by atoms with Crippen molar-refractivity contribution in [2.75, 3.05) is 37.7 Å². The van der Waals surface area contributed by atoms with E-state index >= 15 is 0 Å². The second-order valence-corrected chi connectivity index (χ2v) is 7.76. The number of aliphatic hydroxyl groups is 1. The molecule has 1 aliphatic carbocycles. The van der Waals surface area contributed by atoms with Crippen LogP contribution in [0.2, 0.25) is 0 Å². The van der Waals surface area contributed by atoms with E-state index in [1.54, 1.807) is 0 Å². The van der Waals surface area contributed by atoms with Gasteiger partial charge in [0.1, 0.15) is 5.76 Å². The molecule has 8 nitrogen and oxygen atoms in total. The molecule has 1 saturated heterocycles. The molecule has 8 heteroatoms. The molecule has 0 bridgehead atoms. The average molecular weight is 395 g/mol. The Bertz CT molecular complexity index is 1060. The second kappa shape index (κ2) is 7.61. The van der Waals surface area contributed by atoms with Crippen LogP contribution in [0, 0.1) is 0 Å². The summed E-state index contributed by atoms with van der Waals surface area (Å²) in [6.45, 7) is 4.66. The van der Waals surface area contributed by atoms with E-state index in [0.29, 0.717) is 10.9 Å². The zero-order valence-electron chi connectivity index (χ0n) is 16.4. The molecular weight excluding hydrogens is 370 g/mol. The van der Waals surface area contributed by atoms with Gasteiger partial charge < -0.3 is 14.4 Å². The van der Waals surface area contributed by atoms with Crippen LogP contribution in [0.3, 0.4) is 0 Å². The maximum Gasteiger partial charge on any atom is 0.261 e. The molecule has 2 aliphatic rings. The number of anilines is 1. The van der Waals surface area contributed by atoms with Crippen LogP contribution < -0.4 is 10.5 Å². The lowest BCUT2D eigenvalue weighted by Crippen LogP contribution is -2.46. The first-order valence-corrected chi connectivity index (χ1v) is 10.3. The number of benzene rings is 1. The molecule has 3 heterocycles. The summed E-state index contributed by atoms with van der Waals surface area (Å²) in [5.74, 6) is 1.93. The lowest BCUT2D eigenvalue weighted by molar-refractivity contribution is 0.224. The smallest absolute Gasteiger partial charge is 0.261 e. The highest BCUT2D eigenvalue weighted by Gasteiger charge is 2.22. The van der Waals surface area contributed by atoms with Crippen molar-refractivity contribution in [3.8, 4) is 0 Å². The molecule has 1 aliphatic heterocycles. The number of aryl methyl sites for hydroxylation is 2. The lowest BCUT2D eigenvalue weighted by atomic mass is 10.2. The Balaban J connectivity index is 1.25. The number of piperazine rings is 1. The van der Waals surface area contributed by atoms with Gasteiger partial charge >= 0.3 is 0 Å². The Morgan fingerprint density at radius 2 is 2.00 bits per heavy atom. The molecule has 0 amide bonds. The quantitative estimate of drug-likeness (QED) is 0.694. The van der Waals surface area contributed by atoms with Gasteiger partial charge in [0.05, 0.1) is 42.6 Å². The second-order valence-electron chi connectivity index (χ2n) is 7.76. The number of hydrogen-bond donors (Lipinski definition) is 1. The van der Waals surface area contributed by atoms with Gasteiger partial charge in [-0.05, 0) is 31.0 Å². The van der Waals surface area contributed by atoms with Crippen molar-refractivity contribution in [2.45, 2.75) is 32.4 Å². The largest absolute Gasteiger partial charge is 0.444 e.